The van der Waals surface area contributed by atoms with Crippen LogP contribution in [0.5, 0.6) is 0 Å². The third-order valence-electron chi connectivity index (χ3n) is 1.77. The van der Waals surface area contributed by atoms with Crippen LogP contribution in [0, 0.1) is 17.1 Å². The molecule has 0 bridgehead atoms. The van der Waals surface area contributed by atoms with Crippen LogP contribution in [0.15, 0.2) is 0 Å². The molecule has 0 saturated heterocycles. The molecule has 2 heteroatoms. The first kappa shape index (κ1) is 9.55. The van der Waals surface area contributed by atoms with Gasteiger partial charge in [0.1, 0.15) is 0 Å². The van der Waals surface area contributed by atoms with Crippen LogP contribution >= 0.6 is 0 Å². The molecule has 1 nitrogen and oxygen atoms in total. The maximum Gasteiger partial charge on any atom is 0.267 e. The van der Waals surface area contributed by atoms with Crippen LogP contribution in [0.1, 0.15) is 27.2 Å². The first-order chi connectivity index (χ1) is 4.70. The van der Waals surface area contributed by atoms with Gasteiger partial charge in [0.2, 0.25) is 0 Å². The van der Waals surface area contributed by atoms with E-state index in [2.05, 4.69) is 26.7 Å². The topological polar surface area (TPSA) is 23.8 Å². The molecule has 10 heavy (non-hydrogen) atoms. The lowest BCUT2D eigenvalue weighted by Crippen LogP contribution is -2.08. The number of rotatable bonds is 4. The Balaban J connectivity index is 3.38. The zero-order valence-corrected chi connectivity index (χ0v) is 7.22. The predicted octanol–water partition coefficient (Wildman–Crippen LogP) is 2.61. The summed E-state index contributed by atoms with van der Waals surface area (Å²) < 4.78 is 0. The molecule has 0 atom stereocenters. The molecule has 0 aliphatic heterocycles. The smallest absolute Gasteiger partial charge is 0.213 e. The van der Waals surface area contributed by atoms with E-state index in [1.165, 1.54) is 6.42 Å². The summed E-state index contributed by atoms with van der Waals surface area (Å²) in [4.78, 5) is 0. The van der Waals surface area contributed by atoms with Crippen molar-refractivity contribution in [2.75, 3.05) is 0 Å². The summed E-state index contributed by atoms with van der Waals surface area (Å²) in [5.74, 6) is 3.05. The molecule has 0 amide bonds. The van der Waals surface area contributed by atoms with Crippen molar-refractivity contribution in [3.05, 3.63) is 0 Å². The van der Waals surface area contributed by atoms with Crippen molar-refractivity contribution in [3.63, 3.8) is 0 Å². The highest BCUT2D eigenvalue weighted by molar-refractivity contribution is 6.66. The van der Waals surface area contributed by atoms with Gasteiger partial charge < -0.3 is 0 Å². The first-order valence-electron chi connectivity index (χ1n) is 4.10. The van der Waals surface area contributed by atoms with Crippen molar-refractivity contribution in [3.8, 4) is 5.97 Å². The van der Waals surface area contributed by atoms with Gasteiger partial charge in [0.05, 0.1) is 0 Å². The van der Waals surface area contributed by atoms with Gasteiger partial charge in [-0.3, -0.25) is 0 Å². The second-order valence-corrected chi connectivity index (χ2v) is 3.21. The van der Waals surface area contributed by atoms with Gasteiger partial charge in [0.25, 0.3) is 6.71 Å². The molecule has 0 aromatic rings. The van der Waals surface area contributed by atoms with Crippen LogP contribution in [-0.2, 0) is 0 Å². The molecule has 0 aliphatic carbocycles. The molecule has 0 aliphatic rings. The summed E-state index contributed by atoms with van der Waals surface area (Å²) in [7, 11) is 0. The highest BCUT2D eigenvalue weighted by Crippen LogP contribution is 2.08. The van der Waals surface area contributed by atoms with E-state index in [1.807, 2.05) is 0 Å². The Bertz CT molecular complexity index is 115. The Hall–Kier alpha value is -0.445. The maximum absolute atomic E-state index is 8.59. The molecular formula is C8H16BN. The lowest BCUT2D eigenvalue weighted by Gasteiger charge is -2.03. The van der Waals surface area contributed by atoms with Crippen LogP contribution < -0.4 is 0 Å². The lowest BCUT2D eigenvalue weighted by atomic mass is 9.46. The minimum Gasteiger partial charge on any atom is -0.213 e. The van der Waals surface area contributed by atoms with Gasteiger partial charge in [-0.15, -0.1) is 0 Å². The minimum atomic E-state index is 0.294. The van der Waals surface area contributed by atoms with Gasteiger partial charge in [0, 0.05) is 5.97 Å². The van der Waals surface area contributed by atoms with Crippen LogP contribution in [0.2, 0.25) is 12.6 Å². The average Bonchev–Trinajstić information content (AvgIpc) is 1.90. The average molecular weight is 137 g/mol. The van der Waals surface area contributed by atoms with Crippen molar-refractivity contribution in [1.82, 2.24) is 0 Å². The Morgan fingerprint density at radius 2 is 2.10 bits per heavy atom. The fraction of sp³-hybridized carbons (Fsp3) is 0.875. The van der Waals surface area contributed by atoms with Crippen molar-refractivity contribution >= 4 is 6.71 Å². The Morgan fingerprint density at radius 1 is 1.50 bits per heavy atom. The van der Waals surface area contributed by atoms with E-state index >= 15 is 0 Å². The SMILES string of the molecule is CCB(C#N)CCC(C)C. The zero-order chi connectivity index (χ0) is 7.98. The van der Waals surface area contributed by atoms with Gasteiger partial charge >= 0.3 is 0 Å². The van der Waals surface area contributed by atoms with E-state index in [0.717, 1.165) is 18.6 Å². The van der Waals surface area contributed by atoms with E-state index in [4.69, 9.17) is 5.26 Å². The second kappa shape index (κ2) is 5.35. The Morgan fingerprint density at radius 3 is 2.40 bits per heavy atom. The van der Waals surface area contributed by atoms with Gasteiger partial charge in [-0.05, 0) is 5.92 Å². The largest absolute Gasteiger partial charge is 0.267 e. The molecule has 56 valence electrons. The monoisotopic (exact) mass is 137 g/mol. The predicted molar refractivity (Wildman–Crippen MR) is 46.1 cm³/mol. The standard InChI is InChI=1S/C8H16BN/c1-4-9(7-10)6-5-8(2)3/h8H,4-6H2,1-3H3. The zero-order valence-electron chi connectivity index (χ0n) is 7.22. The number of hydrogen-bond acceptors (Lipinski definition) is 1. The molecule has 0 aromatic heterocycles. The molecule has 0 N–H and O–H groups in total. The highest BCUT2D eigenvalue weighted by atomic mass is 14.2. The summed E-state index contributed by atoms with van der Waals surface area (Å²) in [6.45, 7) is 6.77. The molecule has 0 fully saturated rings. The quantitative estimate of drug-likeness (QED) is 0.546. The third-order valence-corrected chi connectivity index (χ3v) is 1.77. The van der Waals surface area contributed by atoms with Crippen LogP contribution in [0.25, 0.3) is 0 Å². The number of nitriles is 1. The molecule has 0 rings (SSSR count). The van der Waals surface area contributed by atoms with E-state index in [0.29, 0.717) is 6.71 Å². The third kappa shape index (κ3) is 4.44. The van der Waals surface area contributed by atoms with Gasteiger partial charge in [0.15, 0.2) is 0 Å². The lowest BCUT2D eigenvalue weighted by molar-refractivity contribution is 0.622. The summed E-state index contributed by atoms with van der Waals surface area (Å²) in [5, 5.41) is 8.59. The van der Waals surface area contributed by atoms with Crippen molar-refractivity contribution < 1.29 is 0 Å². The fourth-order valence-corrected chi connectivity index (χ4v) is 0.894. The number of hydrogen-bond donors (Lipinski definition) is 0. The van der Waals surface area contributed by atoms with Gasteiger partial charge in [-0.2, -0.15) is 0 Å². The van der Waals surface area contributed by atoms with Crippen molar-refractivity contribution in [1.29, 1.82) is 5.26 Å². The fourth-order valence-electron chi connectivity index (χ4n) is 0.894. The van der Waals surface area contributed by atoms with E-state index < -0.39 is 0 Å². The first-order valence-corrected chi connectivity index (χ1v) is 4.10. The van der Waals surface area contributed by atoms with Crippen molar-refractivity contribution in [2.45, 2.75) is 39.8 Å². The molecule has 0 spiro atoms. The van der Waals surface area contributed by atoms with Crippen LogP contribution in [0.4, 0.5) is 0 Å². The highest BCUT2D eigenvalue weighted by Gasteiger charge is 2.10. The summed E-state index contributed by atoms with van der Waals surface area (Å²) >= 11 is 0. The maximum atomic E-state index is 8.59. The second-order valence-electron chi connectivity index (χ2n) is 3.21. The molecule has 0 aromatic carbocycles. The summed E-state index contributed by atoms with van der Waals surface area (Å²) in [5.41, 5.74) is 0. The molecule has 0 radical (unpaired) electrons. The van der Waals surface area contributed by atoms with E-state index in [-0.39, 0.29) is 0 Å². The molecule has 0 heterocycles. The number of nitrogens with zero attached hydrogens (tertiary/aromatic N) is 1. The van der Waals surface area contributed by atoms with Gasteiger partial charge in [-0.1, -0.05) is 39.8 Å². The molecular weight excluding hydrogens is 121 g/mol. The van der Waals surface area contributed by atoms with Crippen LogP contribution in [-0.4, -0.2) is 6.71 Å². The summed E-state index contributed by atoms with van der Waals surface area (Å²) in [6.07, 6.45) is 3.26. The molecule has 0 saturated carbocycles. The van der Waals surface area contributed by atoms with Crippen LogP contribution in [0.3, 0.4) is 0 Å². The summed E-state index contributed by atoms with van der Waals surface area (Å²) in [6, 6.07) is 0. The van der Waals surface area contributed by atoms with Crippen molar-refractivity contribution in [2.24, 2.45) is 5.92 Å². The van der Waals surface area contributed by atoms with Gasteiger partial charge in [-0.25, -0.2) is 5.26 Å². The molecule has 0 unspecified atom stereocenters. The van der Waals surface area contributed by atoms with E-state index in [9.17, 15) is 0 Å². The minimum absolute atomic E-state index is 0.294. The normalized spacial score (nSPS) is 9.50. The van der Waals surface area contributed by atoms with E-state index in [1.54, 1.807) is 0 Å². The Labute approximate surface area is 64.5 Å². The Kier molecular flexibility index (Phi) is 5.11.